The minimum absolute atomic E-state index is 0.213. The minimum Gasteiger partial charge on any atom is -0.350 e. The van der Waals surface area contributed by atoms with Gasteiger partial charge in [0.25, 0.3) is 5.91 Å². The molecule has 152 valence electrons. The van der Waals surface area contributed by atoms with Crippen LogP contribution in [0.5, 0.6) is 0 Å². The highest BCUT2D eigenvalue weighted by Crippen LogP contribution is 2.25. The molecule has 1 amide bonds. The fraction of sp³-hybridized carbons (Fsp3) is 0.136. The lowest BCUT2D eigenvalue weighted by Gasteiger charge is -2.23. The van der Waals surface area contributed by atoms with E-state index in [9.17, 15) is 14.9 Å². The van der Waals surface area contributed by atoms with Gasteiger partial charge in [-0.05, 0) is 42.0 Å². The van der Waals surface area contributed by atoms with Crippen molar-refractivity contribution in [2.75, 3.05) is 18.0 Å². The number of aromatic nitrogens is 4. The van der Waals surface area contributed by atoms with Crippen LogP contribution in [-0.2, 0) is 6.54 Å². The van der Waals surface area contributed by atoms with Gasteiger partial charge in [0.05, 0.1) is 22.7 Å². The number of aromatic amines is 1. The Morgan fingerprint density at radius 1 is 1.13 bits per heavy atom. The van der Waals surface area contributed by atoms with E-state index >= 15 is 0 Å². The van der Waals surface area contributed by atoms with Crippen molar-refractivity contribution >= 4 is 22.9 Å². The number of H-pyrrole nitrogens is 1. The molecule has 4 aromatic rings. The third kappa shape index (κ3) is 3.30. The van der Waals surface area contributed by atoms with Gasteiger partial charge in [0, 0.05) is 25.8 Å². The van der Waals surface area contributed by atoms with Gasteiger partial charge in [-0.15, -0.1) is 0 Å². The van der Waals surface area contributed by atoms with Crippen LogP contribution in [0.25, 0.3) is 17.0 Å². The Kier molecular flexibility index (Phi) is 4.45. The molecule has 0 aliphatic carbocycles. The first-order valence-electron chi connectivity index (χ1n) is 9.73. The molecule has 0 unspecified atom stereocenters. The van der Waals surface area contributed by atoms with E-state index in [2.05, 4.69) is 21.4 Å². The SMILES string of the molecule is N#Cc1cccc(CN2CCNC(=O)c3ccc(-n4c(=O)[nH]c5ncccc54)nc32)c1. The van der Waals surface area contributed by atoms with Crippen molar-refractivity contribution in [3.05, 3.63) is 81.9 Å². The Bertz CT molecular complexity index is 1410. The van der Waals surface area contributed by atoms with E-state index in [0.29, 0.717) is 53.6 Å². The molecule has 5 rings (SSSR count). The predicted octanol–water partition coefficient (Wildman–Crippen LogP) is 1.73. The van der Waals surface area contributed by atoms with Crippen molar-refractivity contribution in [2.45, 2.75) is 6.54 Å². The van der Waals surface area contributed by atoms with Gasteiger partial charge >= 0.3 is 5.69 Å². The third-order valence-corrected chi connectivity index (χ3v) is 5.19. The van der Waals surface area contributed by atoms with Gasteiger partial charge < -0.3 is 10.2 Å². The molecule has 2 N–H and O–H groups in total. The van der Waals surface area contributed by atoms with Crippen molar-refractivity contribution in [2.24, 2.45) is 0 Å². The second-order valence-electron chi connectivity index (χ2n) is 7.17. The average molecular weight is 411 g/mol. The summed E-state index contributed by atoms with van der Waals surface area (Å²) < 4.78 is 1.44. The Morgan fingerprint density at radius 2 is 2.03 bits per heavy atom. The molecule has 1 aliphatic rings. The van der Waals surface area contributed by atoms with E-state index in [1.165, 1.54) is 4.57 Å². The number of amides is 1. The van der Waals surface area contributed by atoms with Crippen molar-refractivity contribution in [3.63, 3.8) is 0 Å². The summed E-state index contributed by atoms with van der Waals surface area (Å²) in [5, 5.41) is 12.1. The van der Waals surface area contributed by atoms with Gasteiger partial charge in [-0.1, -0.05) is 12.1 Å². The molecule has 4 heterocycles. The number of imidazole rings is 1. The summed E-state index contributed by atoms with van der Waals surface area (Å²) in [5.41, 5.74) is 2.65. The Labute approximate surface area is 176 Å². The standard InChI is InChI=1S/C22H17N7O2/c23-12-14-3-1-4-15(11-14)13-28-10-9-25-21(30)16-6-7-18(26-20(16)28)29-17-5-2-8-24-19(17)27-22(29)31/h1-8,11H,9-10,13H2,(H,25,30)(H,24,27,31). The van der Waals surface area contributed by atoms with Crippen molar-refractivity contribution < 1.29 is 4.79 Å². The second-order valence-corrected chi connectivity index (χ2v) is 7.17. The highest BCUT2D eigenvalue weighted by molar-refractivity contribution is 5.99. The zero-order valence-corrected chi connectivity index (χ0v) is 16.4. The normalized spacial score (nSPS) is 13.4. The van der Waals surface area contributed by atoms with Crippen molar-refractivity contribution in [1.29, 1.82) is 5.26 Å². The maximum Gasteiger partial charge on any atom is 0.333 e. The summed E-state index contributed by atoms with van der Waals surface area (Å²) in [7, 11) is 0. The van der Waals surface area contributed by atoms with Gasteiger partial charge in [0.2, 0.25) is 0 Å². The average Bonchev–Trinajstić information content (AvgIpc) is 3.05. The number of carbonyl (C=O) groups is 1. The molecule has 0 bridgehead atoms. The number of hydrogen-bond donors (Lipinski definition) is 2. The first-order valence-corrected chi connectivity index (χ1v) is 9.73. The van der Waals surface area contributed by atoms with Crippen LogP contribution < -0.4 is 15.9 Å². The fourth-order valence-electron chi connectivity index (χ4n) is 3.77. The smallest absolute Gasteiger partial charge is 0.333 e. The van der Waals surface area contributed by atoms with Crippen LogP contribution in [0.15, 0.2) is 59.5 Å². The summed E-state index contributed by atoms with van der Waals surface area (Å²) in [5.74, 6) is 0.670. The monoisotopic (exact) mass is 411 g/mol. The predicted molar refractivity (Wildman–Crippen MR) is 114 cm³/mol. The Morgan fingerprint density at radius 3 is 2.90 bits per heavy atom. The molecule has 3 aromatic heterocycles. The van der Waals surface area contributed by atoms with Gasteiger partial charge in [-0.2, -0.15) is 5.26 Å². The summed E-state index contributed by atoms with van der Waals surface area (Å²) >= 11 is 0. The van der Waals surface area contributed by atoms with E-state index in [4.69, 9.17) is 4.98 Å². The number of nitrogens with zero attached hydrogens (tertiary/aromatic N) is 5. The van der Waals surface area contributed by atoms with Crippen LogP contribution in [-0.4, -0.2) is 38.5 Å². The topological polar surface area (TPSA) is 120 Å². The number of pyridine rings is 2. The number of rotatable bonds is 3. The van der Waals surface area contributed by atoms with Gasteiger partial charge in [0.1, 0.15) is 11.6 Å². The first kappa shape index (κ1) is 18.6. The molecule has 0 fully saturated rings. The Balaban J connectivity index is 1.62. The molecule has 1 aromatic carbocycles. The molecule has 0 saturated heterocycles. The van der Waals surface area contributed by atoms with Crippen LogP contribution in [0.4, 0.5) is 5.82 Å². The number of nitrogens with one attached hydrogen (secondary N) is 2. The molecule has 0 spiro atoms. The number of hydrogen-bond acceptors (Lipinski definition) is 6. The minimum atomic E-state index is -0.354. The molecule has 31 heavy (non-hydrogen) atoms. The molecule has 0 saturated carbocycles. The summed E-state index contributed by atoms with van der Waals surface area (Å²) in [6, 6.07) is 16.3. The van der Waals surface area contributed by atoms with Crippen LogP contribution in [0.3, 0.4) is 0 Å². The lowest BCUT2D eigenvalue weighted by Crippen LogP contribution is -2.30. The lowest BCUT2D eigenvalue weighted by molar-refractivity contribution is 0.0958. The number of fused-ring (bicyclic) bond motifs is 2. The molecular weight excluding hydrogens is 394 g/mol. The molecular formula is C22H17N7O2. The number of nitriles is 1. The van der Waals surface area contributed by atoms with Crippen LogP contribution >= 0.6 is 0 Å². The zero-order valence-electron chi connectivity index (χ0n) is 16.4. The van der Waals surface area contributed by atoms with Crippen molar-refractivity contribution in [3.8, 4) is 11.9 Å². The fourth-order valence-corrected chi connectivity index (χ4v) is 3.77. The van der Waals surface area contributed by atoms with Crippen molar-refractivity contribution in [1.82, 2.24) is 24.8 Å². The van der Waals surface area contributed by atoms with Gasteiger partial charge in [-0.25, -0.2) is 19.3 Å². The van der Waals surface area contributed by atoms with Gasteiger partial charge in [-0.3, -0.25) is 9.78 Å². The summed E-state index contributed by atoms with van der Waals surface area (Å²) in [4.78, 5) is 38.8. The molecule has 1 aliphatic heterocycles. The van der Waals surface area contributed by atoms with E-state index in [1.807, 2.05) is 23.1 Å². The number of carbonyl (C=O) groups excluding carboxylic acids is 1. The van der Waals surface area contributed by atoms with E-state index in [0.717, 1.165) is 5.56 Å². The van der Waals surface area contributed by atoms with Crippen LogP contribution in [0.2, 0.25) is 0 Å². The second kappa shape index (κ2) is 7.42. The summed E-state index contributed by atoms with van der Waals surface area (Å²) in [6.07, 6.45) is 1.61. The highest BCUT2D eigenvalue weighted by Gasteiger charge is 2.24. The van der Waals surface area contributed by atoms with E-state index in [-0.39, 0.29) is 11.6 Å². The highest BCUT2D eigenvalue weighted by atomic mass is 16.2. The lowest BCUT2D eigenvalue weighted by atomic mass is 10.1. The molecule has 0 atom stereocenters. The number of anilines is 1. The maximum atomic E-state index is 12.6. The van der Waals surface area contributed by atoms with Crippen LogP contribution in [0.1, 0.15) is 21.5 Å². The third-order valence-electron chi connectivity index (χ3n) is 5.19. The largest absolute Gasteiger partial charge is 0.350 e. The van der Waals surface area contributed by atoms with Gasteiger partial charge in [0.15, 0.2) is 5.65 Å². The van der Waals surface area contributed by atoms with E-state index in [1.54, 1.807) is 36.5 Å². The number of benzene rings is 1. The Hall–Kier alpha value is -4.45. The summed E-state index contributed by atoms with van der Waals surface area (Å²) in [6.45, 7) is 1.47. The molecule has 9 heteroatoms. The maximum absolute atomic E-state index is 12.6. The quantitative estimate of drug-likeness (QED) is 0.530. The zero-order chi connectivity index (χ0) is 21.4. The van der Waals surface area contributed by atoms with E-state index < -0.39 is 0 Å². The molecule has 0 radical (unpaired) electrons. The van der Waals surface area contributed by atoms with Crippen LogP contribution in [0, 0.1) is 11.3 Å². The molecule has 9 nitrogen and oxygen atoms in total. The first-order chi connectivity index (χ1) is 15.1.